The fourth-order valence-electron chi connectivity index (χ4n) is 2.65. The Bertz CT molecular complexity index is 394. The Morgan fingerprint density at radius 1 is 1.42 bits per heavy atom. The van der Waals surface area contributed by atoms with Crippen LogP contribution < -0.4 is 4.74 Å². The van der Waals surface area contributed by atoms with Gasteiger partial charge in [-0.1, -0.05) is 18.6 Å². The minimum Gasteiger partial charge on any atom is -0.491 e. The summed E-state index contributed by atoms with van der Waals surface area (Å²) < 4.78 is 5.65. The van der Waals surface area contributed by atoms with Crippen LogP contribution in [0.15, 0.2) is 24.3 Å². The van der Waals surface area contributed by atoms with Crippen molar-refractivity contribution in [1.82, 2.24) is 4.90 Å². The summed E-state index contributed by atoms with van der Waals surface area (Å²) in [4.78, 5) is 2.37. The fourth-order valence-corrected chi connectivity index (χ4v) is 2.65. The summed E-state index contributed by atoms with van der Waals surface area (Å²) >= 11 is 0. The van der Waals surface area contributed by atoms with E-state index in [4.69, 9.17) is 4.74 Å². The normalized spacial score (nSPS) is 22.2. The number of ether oxygens (including phenoxy) is 1. The molecule has 1 fully saturated rings. The number of rotatable bonds is 5. The number of benzene rings is 1. The molecule has 0 radical (unpaired) electrons. The fraction of sp³-hybridized carbons (Fsp3) is 0.625. The van der Waals surface area contributed by atoms with Gasteiger partial charge in [0.1, 0.15) is 18.5 Å². The number of likely N-dealkylation sites (tertiary alicyclic amines) is 1. The molecule has 2 rings (SSSR count). The van der Waals surface area contributed by atoms with E-state index in [0.29, 0.717) is 19.2 Å². The van der Waals surface area contributed by atoms with Crippen molar-refractivity contribution in [3.8, 4) is 5.75 Å². The van der Waals surface area contributed by atoms with E-state index in [0.717, 1.165) is 12.3 Å². The van der Waals surface area contributed by atoms with Crippen molar-refractivity contribution < 1.29 is 9.84 Å². The van der Waals surface area contributed by atoms with E-state index in [9.17, 15) is 5.11 Å². The van der Waals surface area contributed by atoms with Gasteiger partial charge in [-0.15, -0.1) is 0 Å². The third-order valence-electron chi connectivity index (χ3n) is 3.82. The molecule has 0 aromatic heterocycles. The van der Waals surface area contributed by atoms with Gasteiger partial charge in [0.25, 0.3) is 0 Å². The Labute approximate surface area is 116 Å². The summed E-state index contributed by atoms with van der Waals surface area (Å²) in [6, 6.07) is 8.53. The standard InChI is InChI=1S/C16H25NO2/c1-13-6-5-8-16(10-13)19-12-15(18)11-17-9-4-3-7-14(17)2/h5-6,8,10,14-15,18H,3-4,7,9,11-12H2,1-2H3. The lowest BCUT2D eigenvalue weighted by atomic mass is 10.0. The van der Waals surface area contributed by atoms with Crippen LogP contribution in [0.25, 0.3) is 0 Å². The molecule has 3 nitrogen and oxygen atoms in total. The highest BCUT2D eigenvalue weighted by Crippen LogP contribution is 2.17. The molecule has 3 heteroatoms. The molecule has 2 unspecified atom stereocenters. The Hall–Kier alpha value is -1.06. The summed E-state index contributed by atoms with van der Waals surface area (Å²) in [5, 5.41) is 10.1. The molecular formula is C16H25NO2. The highest BCUT2D eigenvalue weighted by atomic mass is 16.5. The van der Waals surface area contributed by atoms with Crippen LogP contribution in [0.2, 0.25) is 0 Å². The van der Waals surface area contributed by atoms with Gasteiger partial charge in [0.15, 0.2) is 0 Å². The molecule has 0 spiro atoms. The second kappa shape index (κ2) is 6.92. The van der Waals surface area contributed by atoms with Crippen molar-refractivity contribution in [3.05, 3.63) is 29.8 Å². The number of aliphatic hydroxyl groups is 1. The first kappa shape index (κ1) is 14.4. The third-order valence-corrected chi connectivity index (χ3v) is 3.82. The number of hydrogen-bond acceptors (Lipinski definition) is 3. The maximum absolute atomic E-state index is 10.1. The van der Waals surface area contributed by atoms with E-state index in [-0.39, 0.29) is 0 Å². The number of aryl methyl sites for hydroxylation is 1. The van der Waals surface area contributed by atoms with Gasteiger partial charge in [0, 0.05) is 12.6 Å². The minimum atomic E-state index is -0.416. The van der Waals surface area contributed by atoms with Gasteiger partial charge in [-0.05, 0) is 50.9 Å². The molecule has 1 heterocycles. The number of aliphatic hydroxyl groups excluding tert-OH is 1. The molecule has 0 aliphatic carbocycles. The largest absolute Gasteiger partial charge is 0.491 e. The van der Waals surface area contributed by atoms with Crippen LogP contribution in [0.4, 0.5) is 0 Å². The van der Waals surface area contributed by atoms with E-state index >= 15 is 0 Å². The van der Waals surface area contributed by atoms with Crippen molar-refractivity contribution in [2.24, 2.45) is 0 Å². The zero-order chi connectivity index (χ0) is 13.7. The Morgan fingerprint density at radius 3 is 3.00 bits per heavy atom. The zero-order valence-corrected chi connectivity index (χ0v) is 12.0. The number of piperidine rings is 1. The van der Waals surface area contributed by atoms with E-state index in [1.165, 1.54) is 24.8 Å². The van der Waals surface area contributed by atoms with Crippen LogP contribution in [0.1, 0.15) is 31.7 Å². The first-order valence-electron chi connectivity index (χ1n) is 7.27. The summed E-state index contributed by atoms with van der Waals surface area (Å²) in [5.74, 6) is 0.839. The van der Waals surface area contributed by atoms with Gasteiger partial charge in [-0.25, -0.2) is 0 Å². The van der Waals surface area contributed by atoms with E-state index in [2.05, 4.69) is 11.8 Å². The molecule has 1 aromatic carbocycles. The second-order valence-electron chi connectivity index (χ2n) is 5.62. The van der Waals surface area contributed by atoms with Crippen LogP contribution in [0.5, 0.6) is 5.75 Å². The molecule has 0 bridgehead atoms. The highest BCUT2D eigenvalue weighted by Gasteiger charge is 2.20. The molecule has 19 heavy (non-hydrogen) atoms. The number of hydrogen-bond donors (Lipinski definition) is 1. The van der Waals surface area contributed by atoms with Crippen molar-refractivity contribution in [2.45, 2.75) is 45.3 Å². The summed E-state index contributed by atoms with van der Waals surface area (Å²) in [6.07, 6.45) is 3.38. The smallest absolute Gasteiger partial charge is 0.119 e. The van der Waals surface area contributed by atoms with Gasteiger partial charge in [-0.2, -0.15) is 0 Å². The lowest BCUT2D eigenvalue weighted by molar-refractivity contribution is 0.0438. The zero-order valence-electron chi connectivity index (χ0n) is 12.0. The maximum Gasteiger partial charge on any atom is 0.119 e. The van der Waals surface area contributed by atoms with E-state index in [1.54, 1.807) is 0 Å². The van der Waals surface area contributed by atoms with E-state index < -0.39 is 6.10 Å². The summed E-state index contributed by atoms with van der Waals surface area (Å²) in [6.45, 7) is 6.47. The number of nitrogens with zero attached hydrogens (tertiary/aromatic N) is 1. The molecule has 1 aliphatic heterocycles. The average Bonchev–Trinajstić information content (AvgIpc) is 2.39. The maximum atomic E-state index is 10.1. The van der Waals surface area contributed by atoms with Crippen LogP contribution in [0.3, 0.4) is 0 Å². The predicted molar refractivity (Wildman–Crippen MR) is 77.6 cm³/mol. The molecule has 2 atom stereocenters. The molecule has 1 saturated heterocycles. The molecule has 0 saturated carbocycles. The van der Waals surface area contributed by atoms with Crippen LogP contribution in [0, 0.1) is 6.92 Å². The molecule has 0 amide bonds. The quantitative estimate of drug-likeness (QED) is 0.886. The van der Waals surface area contributed by atoms with Gasteiger partial charge in [0.2, 0.25) is 0 Å². The van der Waals surface area contributed by atoms with E-state index in [1.807, 2.05) is 31.2 Å². The van der Waals surface area contributed by atoms with Gasteiger partial charge < -0.3 is 9.84 Å². The highest BCUT2D eigenvalue weighted by molar-refractivity contribution is 5.27. The van der Waals surface area contributed by atoms with Gasteiger partial charge in [-0.3, -0.25) is 4.90 Å². The number of β-amino-alcohol motifs (C(OH)–C–C–N with tert-alkyl or cyclic N) is 1. The van der Waals surface area contributed by atoms with Crippen LogP contribution in [-0.4, -0.2) is 41.8 Å². The van der Waals surface area contributed by atoms with Crippen LogP contribution in [-0.2, 0) is 0 Å². The van der Waals surface area contributed by atoms with Crippen molar-refractivity contribution in [3.63, 3.8) is 0 Å². The Morgan fingerprint density at radius 2 is 2.26 bits per heavy atom. The average molecular weight is 263 g/mol. The topological polar surface area (TPSA) is 32.7 Å². The minimum absolute atomic E-state index is 0.368. The Balaban J connectivity index is 1.76. The van der Waals surface area contributed by atoms with Crippen LogP contribution >= 0.6 is 0 Å². The molecular weight excluding hydrogens is 238 g/mol. The SMILES string of the molecule is Cc1cccc(OCC(O)CN2CCCCC2C)c1. The summed E-state index contributed by atoms with van der Waals surface area (Å²) in [7, 11) is 0. The molecule has 1 N–H and O–H groups in total. The summed E-state index contributed by atoms with van der Waals surface area (Å²) in [5.41, 5.74) is 1.18. The molecule has 1 aromatic rings. The molecule has 106 valence electrons. The van der Waals surface area contributed by atoms with Crippen molar-refractivity contribution in [2.75, 3.05) is 19.7 Å². The lowest BCUT2D eigenvalue weighted by Gasteiger charge is -2.34. The molecule has 1 aliphatic rings. The first-order chi connectivity index (χ1) is 9.15. The monoisotopic (exact) mass is 263 g/mol. The predicted octanol–water partition coefficient (Wildman–Crippen LogP) is 2.61. The lowest BCUT2D eigenvalue weighted by Crippen LogP contribution is -2.43. The second-order valence-corrected chi connectivity index (χ2v) is 5.62. The first-order valence-corrected chi connectivity index (χ1v) is 7.27. The van der Waals surface area contributed by atoms with Crippen molar-refractivity contribution >= 4 is 0 Å². The van der Waals surface area contributed by atoms with Gasteiger partial charge in [0.05, 0.1) is 0 Å². The van der Waals surface area contributed by atoms with Crippen molar-refractivity contribution in [1.29, 1.82) is 0 Å². The third kappa shape index (κ3) is 4.51. The van der Waals surface area contributed by atoms with Gasteiger partial charge >= 0.3 is 0 Å². The Kier molecular flexibility index (Phi) is 5.23.